The summed E-state index contributed by atoms with van der Waals surface area (Å²) in [7, 11) is -9.53. The monoisotopic (exact) mass is 1030 g/mol. The van der Waals surface area contributed by atoms with Crippen molar-refractivity contribution >= 4 is 32.2 Å². The van der Waals surface area contributed by atoms with Gasteiger partial charge in [-0.15, -0.1) is 0 Å². The fourth-order valence-corrected chi connectivity index (χ4v) is 11.2. The Kier molecular flexibility index (Phi) is 13.3. The Bertz CT molecular complexity index is 2930. The molecule has 0 N–H and O–H groups in total. The van der Waals surface area contributed by atoms with E-state index in [4.69, 9.17) is 18.9 Å². The number of nitrogens with zero attached hydrogens (tertiary/aromatic N) is 2. The summed E-state index contributed by atoms with van der Waals surface area (Å²) < 4.78 is 158. The van der Waals surface area contributed by atoms with Crippen LogP contribution in [0.4, 0.5) is 26.3 Å². The zero-order chi connectivity index (χ0) is 51.8. The van der Waals surface area contributed by atoms with Crippen LogP contribution in [-0.4, -0.2) is 76.4 Å². The summed E-state index contributed by atoms with van der Waals surface area (Å²) in [5.41, 5.74) is -10.4. The van der Waals surface area contributed by atoms with Crippen molar-refractivity contribution in [2.75, 3.05) is 27.4 Å². The molecule has 2 aliphatic heterocycles. The number of rotatable bonds is 10. The molecule has 4 heterocycles. The van der Waals surface area contributed by atoms with Gasteiger partial charge < -0.3 is 36.4 Å². The summed E-state index contributed by atoms with van der Waals surface area (Å²) >= 11 is 0. The maximum Gasteiger partial charge on any atom is 0.534 e. The zero-order valence-electron chi connectivity index (χ0n) is 38.9. The SMILES string of the molecule is CCOC(=O)c1cn2c(cc1=O)-c1cc(OC)c(OS(=O)(=O)C(F)(F)F)cc1[C@@H]1CCC(C)(C)[C@@H]12.CCOC(=O)c1cn2c(cc1=O)-c1cc(OC)c(OS(=O)(=O)C(F)(F)F)cc1[C@H]1CCC(C)(C)[C@H]12. The Hall–Kier alpha value is -6.04. The van der Waals surface area contributed by atoms with E-state index in [1.807, 2.05) is 36.8 Å². The number of pyridine rings is 2. The van der Waals surface area contributed by atoms with Gasteiger partial charge in [0.15, 0.2) is 33.9 Å². The third kappa shape index (κ3) is 9.00. The van der Waals surface area contributed by atoms with Crippen molar-refractivity contribution < 1.29 is 80.1 Å². The quantitative estimate of drug-likeness (QED) is 0.0631. The smallest absolute Gasteiger partial charge is 0.493 e. The van der Waals surface area contributed by atoms with Gasteiger partial charge in [0, 0.05) is 59.6 Å². The predicted molar refractivity (Wildman–Crippen MR) is 238 cm³/mol. The predicted octanol–water partition coefficient (Wildman–Crippen LogP) is 8.77. The second kappa shape index (κ2) is 18.0. The molecule has 4 aliphatic rings. The molecule has 2 aliphatic carbocycles. The largest absolute Gasteiger partial charge is 0.534 e. The van der Waals surface area contributed by atoms with Gasteiger partial charge >= 0.3 is 43.2 Å². The van der Waals surface area contributed by atoms with Crippen molar-refractivity contribution in [1.29, 1.82) is 0 Å². The molecule has 2 fully saturated rings. The van der Waals surface area contributed by atoms with Crippen molar-refractivity contribution in [3.8, 4) is 45.5 Å². The van der Waals surface area contributed by atoms with Gasteiger partial charge in [0.2, 0.25) is 0 Å². The number of alkyl halides is 6. The van der Waals surface area contributed by atoms with Crippen LogP contribution in [0.15, 0.2) is 58.4 Å². The molecule has 0 bridgehead atoms. The fourth-order valence-electron chi connectivity index (χ4n) is 10.3. The lowest BCUT2D eigenvalue weighted by molar-refractivity contribution is -0.0505. The second-order valence-corrected chi connectivity index (χ2v) is 21.5. The molecule has 380 valence electrons. The first kappa shape index (κ1) is 51.8. The van der Waals surface area contributed by atoms with E-state index in [1.165, 1.54) is 48.8 Å². The van der Waals surface area contributed by atoms with E-state index in [-0.39, 0.29) is 70.6 Å². The Balaban J connectivity index is 0.000000206. The molecule has 0 amide bonds. The molecule has 2 aromatic heterocycles. The lowest BCUT2D eigenvalue weighted by atomic mass is 9.77. The third-order valence-electron chi connectivity index (χ3n) is 13.3. The molecule has 24 heteroatoms. The molecule has 0 saturated heterocycles. The highest BCUT2D eigenvalue weighted by Gasteiger charge is 2.53. The van der Waals surface area contributed by atoms with Gasteiger partial charge in [-0.1, -0.05) is 27.7 Å². The molecule has 2 aromatic carbocycles. The summed E-state index contributed by atoms with van der Waals surface area (Å²) in [5, 5.41) is 0. The Morgan fingerprint density at radius 3 is 1.24 bits per heavy atom. The number of halogens is 6. The number of aromatic nitrogens is 2. The summed E-state index contributed by atoms with van der Waals surface area (Å²) in [6, 6.07) is 7.22. The fraction of sp³-hybridized carbons (Fsp3) is 0.478. The maximum atomic E-state index is 13.0. The van der Waals surface area contributed by atoms with Crippen LogP contribution in [0, 0.1) is 10.8 Å². The van der Waals surface area contributed by atoms with Crippen molar-refractivity contribution in [1.82, 2.24) is 9.13 Å². The normalized spacial score (nSPS) is 20.4. The molecule has 4 aromatic rings. The number of hydrogen-bond acceptors (Lipinski definition) is 14. The van der Waals surface area contributed by atoms with E-state index >= 15 is 0 Å². The Morgan fingerprint density at radius 1 is 0.600 bits per heavy atom. The molecule has 8 rings (SSSR count). The minimum absolute atomic E-state index is 0.0984. The van der Waals surface area contributed by atoms with E-state index in [9.17, 15) is 62.4 Å². The van der Waals surface area contributed by atoms with Crippen LogP contribution in [0.1, 0.15) is 123 Å². The van der Waals surface area contributed by atoms with Gasteiger partial charge in [-0.25, -0.2) is 9.59 Å². The number of benzene rings is 2. The van der Waals surface area contributed by atoms with Gasteiger partial charge in [0.25, 0.3) is 0 Å². The van der Waals surface area contributed by atoms with Crippen molar-refractivity contribution in [2.45, 2.75) is 102 Å². The number of methoxy groups -OCH3 is 2. The molecule has 4 atom stereocenters. The van der Waals surface area contributed by atoms with Crippen LogP contribution in [0.2, 0.25) is 0 Å². The highest BCUT2D eigenvalue weighted by Crippen LogP contribution is 2.61. The van der Waals surface area contributed by atoms with Crippen LogP contribution in [-0.2, 0) is 29.7 Å². The van der Waals surface area contributed by atoms with Crippen molar-refractivity contribution in [3.63, 3.8) is 0 Å². The highest BCUT2D eigenvalue weighted by atomic mass is 32.2. The van der Waals surface area contributed by atoms with Crippen molar-refractivity contribution in [3.05, 3.63) is 91.5 Å². The molecule has 0 unspecified atom stereocenters. The summed E-state index contributed by atoms with van der Waals surface area (Å²) in [4.78, 5) is 50.4. The van der Waals surface area contributed by atoms with Gasteiger partial charge in [0.05, 0.1) is 38.8 Å². The number of hydrogen-bond donors (Lipinski definition) is 0. The second-order valence-electron chi connectivity index (χ2n) is 18.4. The molecule has 2 saturated carbocycles. The number of fused-ring (bicyclic) bond motifs is 12. The van der Waals surface area contributed by atoms with Gasteiger partial charge in [-0.2, -0.15) is 43.2 Å². The van der Waals surface area contributed by atoms with Crippen molar-refractivity contribution in [2.24, 2.45) is 10.8 Å². The summed E-state index contributed by atoms with van der Waals surface area (Å²) in [6.45, 7) is 11.5. The number of carbonyl (C=O) groups excluding carboxylic acids is 2. The average molecular weight is 1030 g/mol. The van der Waals surface area contributed by atoms with Crippen LogP contribution in [0.3, 0.4) is 0 Å². The topological polar surface area (TPSA) is 202 Å². The standard InChI is InChI=1S/2C23H24F3NO7S/c2*1-5-33-21(29)15-11-27-16(10-17(15)28)14-9-18(32-4)19(34-35(30,31)23(24,25)26)8-13(14)12-6-7-22(2,3)20(12)27/h2*8-12,20H,5-7H2,1-4H3/t2*12-,20+/m10/s1. The average Bonchev–Trinajstić information content (AvgIpc) is 3.76. The van der Waals surface area contributed by atoms with E-state index in [1.54, 1.807) is 13.8 Å². The molecule has 70 heavy (non-hydrogen) atoms. The van der Waals surface area contributed by atoms with E-state index in [0.29, 0.717) is 46.5 Å². The molecule has 0 spiro atoms. The van der Waals surface area contributed by atoms with Crippen LogP contribution >= 0.6 is 0 Å². The Labute approximate surface area is 397 Å². The van der Waals surface area contributed by atoms with Crippen LogP contribution in [0.25, 0.3) is 22.5 Å². The maximum absolute atomic E-state index is 13.0. The lowest BCUT2D eigenvalue weighted by Crippen LogP contribution is -2.32. The molecule has 16 nitrogen and oxygen atoms in total. The van der Waals surface area contributed by atoms with Crippen LogP contribution in [0.5, 0.6) is 23.0 Å². The third-order valence-corrected chi connectivity index (χ3v) is 15.2. The van der Waals surface area contributed by atoms with Crippen LogP contribution < -0.4 is 28.7 Å². The van der Waals surface area contributed by atoms with E-state index < -0.39 is 65.5 Å². The number of carbonyl (C=O) groups is 2. The lowest BCUT2D eigenvalue weighted by Gasteiger charge is -2.40. The zero-order valence-corrected chi connectivity index (χ0v) is 40.5. The van der Waals surface area contributed by atoms with E-state index in [0.717, 1.165) is 27.1 Å². The van der Waals surface area contributed by atoms with Gasteiger partial charge in [-0.3, -0.25) is 9.59 Å². The molecular weight excluding hydrogens is 983 g/mol. The minimum atomic E-state index is -5.93. The number of esters is 2. The summed E-state index contributed by atoms with van der Waals surface area (Å²) in [6.07, 6.45) is 5.70. The molecule has 0 radical (unpaired) electrons. The highest BCUT2D eigenvalue weighted by molar-refractivity contribution is 7.88. The number of ether oxygens (including phenoxy) is 4. The Morgan fingerprint density at radius 2 is 0.943 bits per heavy atom. The summed E-state index contributed by atoms with van der Waals surface area (Å²) in [5.74, 6) is -3.66. The van der Waals surface area contributed by atoms with Gasteiger partial charge in [-0.05, 0) is 85.8 Å². The first-order valence-electron chi connectivity index (χ1n) is 21.8. The molecular formula is C46H48F6N2O14S2. The first-order valence-corrected chi connectivity index (χ1v) is 24.6. The van der Waals surface area contributed by atoms with Gasteiger partial charge in [0.1, 0.15) is 11.1 Å². The first-order chi connectivity index (χ1) is 32.4. The van der Waals surface area contributed by atoms with E-state index in [2.05, 4.69) is 8.37 Å². The minimum Gasteiger partial charge on any atom is -0.493 e.